The van der Waals surface area contributed by atoms with Crippen molar-refractivity contribution in [3.8, 4) is 5.75 Å². The molecule has 0 saturated carbocycles. The Morgan fingerprint density at radius 3 is 2.62 bits per heavy atom. The van der Waals surface area contributed by atoms with Crippen LogP contribution >= 0.6 is 28.1 Å². The molecule has 0 fully saturated rings. The fourth-order valence-electron chi connectivity index (χ4n) is 1.44. The lowest BCUT2D eigenvalue weighted by molar-refractivity contribution is -0.119. The van der Waals surface area contributed by atoms with Crippen molar-refractivity contribution < 1.29 is 14.3 Å². The zero-order valence-electron chi connectivity index (χ0n) is 11.7. The lowest BCUT2D eigenvalue weighted by Gasteiger charge is -2.11. The molecule has 0 atom stereocenters. The molecule has 0 aliphatic carbocycles. The number of halogens is 1. The van der Waals surface area contributed by atoms with Gasteiger partial charge in [0.15, 0.2) is 5.11 Å². The first kappa shape index (κ1) is 17.4. The van der Waals surface area contributed by atoms with Crippen LogP contribution in [0.15, 0.2) is 22.7 Å². The molecule has 0 spiro atoms. The number of thiocarbonyl (C=S) groups is 1. The van der Waals surface area contributed by atoms with Crippen molar-refractivity contribution in [3.63, 3.8) is 0 Å². The fourth-order valence-corrected chi connectivity index (χ4v) is 2.15. The van der Waals surface area contributed by atoms with Crippen LogP contribution in [0, 0.1) is 0 Å². The van der Waals surface area contributed by atoms with E-state index in [1.165, 1.54) is 0 Å². The summed E-state index contributed by atoms with van der Waals surface area (Å²) < 4.78 is 5.75. The summed E-state index contributed by atoms with van der Waals surface area (Å²) >= 11 is 8.19. The number of benzene rings is 1. The van der Waals surface area contributed by atoms with Crippen LogP contribution in [0.1, 0.15) is 30.1 Å². The highest BCUT2D eigenvalue weighted by atomic mass is 79.9. The summed E-state index contributed by atoms with van der Waals surface area (Å²) in [6, 6.07) is 4.90. The molecule has 2 amide bonds. The average molecular weight is 374 g/mol. The molecule has 1 aromatic rings. The normalized spacial score (nSPS) is 9.67. The Morgan fingerprint density at radius 1 is 1.33 bits per heavy atom. The van der Waals surface area contributed by atoms with Crippen molar-refractivity contribution >= 4 is 45.1 Å². The van der Waals surface area contributed by atoms with Crippen LogP contribution in [-0.2, 0) is 4.79 Å². The number of hydrogen-bond donors (Lipinski definition) is 3. The molecule has 0 radical (unpaired) electrons. The van der Waals surface area contributed by atoms with Crippen molar-refractivity contribution in [1.82, 2.24) is 16.2 Å². The third-order valence-electron chi connectivity index (χ3n) is 2.43. The predicted octanol–water partition coefficient (Wildman–Crippen LogP) is 1.89. The standard InChI is InChI=1S/C13H16BrN3O3S/c1-3-4-11(18)15-13(21)17-16-12(19)8-5-6-10(20-2)9(14)7-8/h5-7H,3-4H2,1-2H3,(H,16,19)(H2,15,17,18,21). The third-order valence-corrected chi connectivity index (χ3v) is 3.26. The van der Waals surface area contributed by atoms with E-state index in [2.05, 4.69) is 32.1 Å². The maximum atomic E-state index is 11.9. The highest BCUT2D eigenvalue weighted by Crippen LogP contribution is 2.25. The molecule has 114 valence electrons. The molecule has 0 heterocycles. The highest BCUT2D eigenvalue weighted by Gasteiger charge is 2.09. The summed E-state index contributed by atoms with van der Waals surface area (Å²) in [5, 5.41) is 2.51. The van der Waals surface area contributed by atoms with Gasteiger partial charge in [0, 0.05) is 12.0 Å². The molecule has 8 heteroatoms. The SMILES string of the molecule is CCCC(=O)NC(=S)NNC(=O)c1ccc(OC)c(Br)c1. The van der Waals surface area contributed by atoms with Gasteiger partial charge in [0.25, 0.3) is 5.91 Å². The van der Waals surface area contributed by atoms with Gasteiger partial charge >= 0.3 is 0 Å². The minimum absolute atomic E-state index is 0.0503. The van der Waals surface area contributed by atoms with Gasteiger partial charge in [-0.3, -0.25) is 20.4 Å². The molecule has 0 aliphatic heterocycles. The Bertz CT molecular complexity index is 551. The van der Waals surface area contributed by atoms with E-state index in [0.29, 0.717) is 22.2 Å². The lowest BCUT2D eigenvalue weighted by Crippen LogP contribution is -2.48. The van der Waals surface area contributed by atoms with E-state index in [1.807, 2.05) is 6.92 Å². The number of hydrazine groups is 1. The molecule has 0 aromatic heterocycles. The molecular weight excluding hydrogens is 358 g/mol. The van der Waals surface area contributed by atoms with Crippen molar-refractivity contribution in [2.24, 2.45) is 0 Å². The van der Waals surface area contributed by atoms with E-state index < -0.39 is 0 Å². The van der Waals surface area contributed by atoms with Crippen molar-refractivity contribution in [2.45, 2.75) is 19.8 Å². The fraction of sp³-hybridized carbons (Fsp3) is 0.308. The average Bonchev–Trinajstić information content (AvgIpc) is 2.44. The first-order valence-corrected chi connectivity index (χ1v) is 7.41. The number of rotatable bonds is 4. The lowest BCUT2D eigenvalue weighted by atomic mass is 10.2. The molecule has 3 N–H and O–H groups in total. The van der Waals surface area contributed by atoms with Gasteiger partial charge in [0.2, 0.25) is 5.91 Å². The Morgan fingerprint density at radius 2 is 2.05 bits per heavy atom. The molecule has 6 nitrogen and oxygen atoms in total. The number of carbonyl (C=O) groups excluding carboxylic acids is 2. The molecule has 21 heavy (non-hydrogen) atoms. The molecule has 1 rings (SSSR count). The summed E-state index contributed by atoms with van der Waals surface area (Å²) in [5.41, 5.74) is 5.29. The first-order valence-electron chi connectivity index (χ1n) is 6.21. The topological polar surface area (TPSA) is 79.5 Å². The second-order valence-corrected chi connectivity index (χ2v) is 5.32. The Labute approximate surface area is 136 Å². The second-order valence-electron chi connectivity index (χ2n) is 4.06. The van der Waals surface area contributed by atoms with Crippen LogP contribution in [0.5, 0.6) is 5.75 Å². The summed E-state index contributed by atoms with van der Waals surface area (Å²) in [4.78, 5) is 23.2. The summed E-state index contributed by atoms with van der Waals surface area (Å²) in [5.74, 6) is 0.0451. The van der Waals surface area contributed by atoms with Crippen LogP contribution < -0.4 is 20.9 Å². The predicted molar refractivity (Wildman–Crippen MR) is 86.9 cm³/mol. The largest absolute Gasteiger partial charge is 0.496 e. The molecule has 1 aromatic carbocycles. The van der Waals surface area contributed by atoms with Crippen LogP contribution in [0.25, 0.3) is 0 Å². The van der Waals surface area contributed by atoms with Gasteiger partial charge in [-0.15, -0.1) is 0 Å². The van der Waals surface area contributed by atoms with Gasteiger partial charge < -0.3 is 10.1 Å². The van der Waals surface area contributed by atoms with Crippen molar-refractivity contribution in [2.75, 3.05) is 7.11 Å². The zero-order chi connectivity index (χ0) is 15.8. The Hall–Kier alpha value is -1.67. The van der Waals surface area contributed by atoms with E-state index in [9.17, 15) is 9.59 Å². The van der Waals surface area contributed by atoms with E-state index in [1.54, 1.807) is 25.3 Å². The smallest absolute Gasteiger partial charge is 0.269 e. The van der Waals surface area contributed by atoms with Gasteiger partial charge in [-0.1, -0.05) is 6.92 Å². The second kappa shape index (κ2) is 8.58. The summed E-state index contributed by atoms with van der Waals surface area (Å²) in [6.07, 6.45) is 1.10. The van der Waals surface area contributed by atoms with Crippen LogP contribution in [0.4, 0.5) is 0 Å². The number of carbonyl (C=O) groups is 2. The molecule has 0 saturated heterocycles. The van der Waals surface area contributed by atoms with Gasteiger partial charge in [-0.2, -0.15) is 0 Å². The third kappa shape index (κ3) is 5.68. The van der Waals surface area contributed by atoms with Crippen molar-refractivity contribution in [3.05, 3.63) is 28.2 Å². The quantitative estimate of drug-likeness (QED) is 0.554. The highest BCUT2D eigenvalue weighted by molar-refractivity contribution is 9.10. The molecule has 0 bridgehead atoms. The maximum absolute atomic E-state index is 11.9. The number of nitrogens with one attached hydrogen (secondary N) is 3. The Kier molecular flexibility index (Phi) is 7.10. The van der Waals surface area contributed by atoms with Crippen LogP contribution in [0.3, 0.4) is 0 Å². The number of methoxy groups -OCH3 is 1. The summed E-state index contributed by atoms with van der Waals surface area (Å²) in [6.45, 7) is 1.89. The van der Waals surface area contributed by atoms with Crippen LogP contribution in [0.2, 0.25) is 0 Å². The summed E-state index contributed by atoms with van der Waals surface area (Å²) in [7, 11) is 1.54. The van der Waals surface area contributed by atoms with Crippen molar-refractivity contribution in [1.29, 1.82) is 0 Å². The van der Waals surface area contributed by atoms with E-state index in [-0.39, 0.29) is 16.9 Å². The molecular formula is C13H16BrN3O3S. The monoisotopic (exact) mass is 373 g/mol. The zero-order valence-corrected chi connectivity index (χ0v) is 14.1. The van der Waals surface area contributed by atoms with E-state index >= 15 is 0 Å². The maximum Gasteiger partial charge on any atom is 0.269 e. The minimum atomic E-state index is -0.384. The molecule has 0 unspecified atom stereocenters. The minimum Gasteiger partial charge on any atom is -0.496 e. The van der Waals surface area contributed by atoms with E-state index in [0.717, 1.165) is 6.42 Å². The van der Waals surface area contributed by atoms with Gasteiger partial charge in [-0.25, -0.2) is 0 Å². The number of amides is 2. The van der Waals surface area contributed by atoms with E-state index in [4.69, 9.17) is 17.0 Å². The van der Waals surface area contributed by atoms with Gasteiger partial charge in [0.1, 0.15) is 5.75 Å². The Balaban J connectivity index is 2.52. The molecule has 0 aliphatic rings. The number of hydrogen-bond acceptors (Lipinski definition) is 4. The van der Waals surface area contributed by atoms with Crippen LogP contribution in [-0.4, -0.2) is 24.0 Å². The first-order chi connectivity index (χ1) is 9.97. The van der Waals surface area contributed by atoms with Gasteiger partial charge in [-0.05, 0) is 52.8 Å². The number of ether oxygens (including phenoxy) is 1. The van der Waals surface area contributed by atoms with Gasteiger partial charge in [0.05, 0.1) is 11.6 Å².